The Morgan fingerprint density at radius 1 is 1.25 bits per heavy atom. The highest BCUT2D eigenvalue weighted by atomic mass is 19.3. The fourth-order valence-electron chi connectivity index (χ4n) is 2.03. The van der Waals surface area contributed by atoms with Gasteiger partial charge in [0.05, 0.1) is 6.10 Å². The lowest BCUT2D eigenvalue weighted by molar-refractivity contribution is -0.286. The topological polar surface area (TPSA) is 47.9 Å². The van der Waals surface area contributed by atoms with Gasteiger partial charge in [0.15, 0.2) is 11.5 Å². The lowest BCUT2D eigenvalue weighted by Gasteiger charge is -2.15. The van der Waals surface area contributed by atoms with Gasteiger partial charge >= 0.3 is 6.29 Å². The summed E-state index contributed by atoms with van der Waals surface area (Å²) in [6.07, 6.45) is -3.62. The van der Waals surface area contributed by atoms with E-state index in [2.05, 4.69) is 9.47 Å². The van der Waals surface area contributed by atoms with Crippen LogP contribution in [-0.2, 0) is 0 Å². The van der Waals surface area contributed by atoms with E-state index in [1.165, 1.54) is 12.1 Å². The number of benzene rings is 1. The second-order valence-electron chi connectivity index (χ2n) is 5.33. The summed E-state index contributed by atoms with van der Waals surface area (Å²) in [5.41, 5.74) is 0.641. The van der Waals surface area contributed by atoms with E-state index in [4.69, 9.17) is 4.74 Å². The van der Waals surface area contributed by atoms with Gasteiger partial charge < -0.3 is 19.3 Å². The highest BCUT2D eigenvalue weighted by Gasteiger charge is 2.43. The number of aliphatic hydroxyl groups excluding tert-OH is 1. The van der Waals surface area contributed by atoms with Gasteiger partial charge in [-0.1, -0.05) is 13.8 Å². The zero-order valence-corrected chi connectivity index (χ0v) is 11.7. The third kappa shape index (κ3) is 3.50. The molecule has 1 N–H and O–H groups in total. The number of hydrogen-bond acceptors (Lipinski definition) is 4. The van der Waals surface area contributed by atoms with Gasteiger partial charge in [0.25, 0.3) is 0 Å². The maximum atomic E-state index is 12.9. The van der Waals surface area contributed by atoms with Gasteiger partial charge in [0.2, 0.25) is 0 Å². The molecule has 0 radical (unpaired) electrons. The van der Waals surface area contributed by atoms with Gasteiger partial charge in [0.1, 0.15) is 12.4 Å². The van der Waals surface area contributed by atoms with Crippen molar-refractivity contribution in [1.82, 2.24) is 0 Å². The Bertz CT molecular complexity index is 488. The van der Waals surface area contributed by atoms with Gasteiger partial charge in [0, 0.05) is 6.07 Å². The Balaban J connectivity index is 2.04. The van der Waals surface area contributed by atoms with Gasteiger partial charge in [-0.2, -0.15) is 0 Å². The third-order valence-corrected chi connectivity index (χ3v) is 2.87. The van der Waals surface area contributed by atoms with E-state index in [-0.39, 0.29) is 18.1 Å². The molecule has 1 aromatic rings. The smallest absolute Gasteiger partial charge is 0.490 e. The van der Waals surface area contributed by atoms with Crippen molar-refractivity contribution >= 4 is 0 Å². The average molecular weight is 288 g/mol. The second kappa shape index (κ2) is 5.44. The number of halogens is 2. The van der Waals surface area contributed by atoms with Gasteiger partial charge in [-0.15, -0.1) is 8.78 Å². The number of hydrogen-bond donors (Lipinski definition) is 1. The first kappa shape index (κ1) is 14.8. The van der Waals surface area contributed by atoms with E-state index < -0.39 is 12.4 Å². The minimum atomic E-state index is -3.63. The van der Waals surface area contributed by atoms with Crippen LogP contribution in [0.15, 0.2) is 12.1 Å². The van der Waals surface area contributed by atoms with E-state index in [0.717, 1.165) is 0 Å². The Morgan fingerprint density at radius 3 is 2.45 bits per heavy atom. The van der Waals surface area contributed by atoms with Crippen LogP contribution in [0.25, 0.3) is 0 Å². The summed E-state index contributed by atoms with van der Waals surface area (Å²) in [4.78, 5) is 0. The van der Waals surface area contributed by atoms with Crippen molar-refractivity contribution in [3.63, 3.8) is 0 Å². The first-order chi connectivity index (χ1) is 9.27. The number of aliphatic hydroxyl groups is 1. The molecule has 0 spiro atoms. The van der Waals surface area contributed by atoms with Crippen molar-refractivity contribution in [2.45, 2.75) is 39.6 Å². The van der Waals surface area contributed by atoms with Crippen molar-refractivity contribution in [2.75, 3.05) is 6.61 Å². The zero-order valence-electron chi connectivity index (χ0n) is 11.7. The van der Waals surface area contributed by atoms with Gasteiger partial charge in [-0.05, 0) is 30.9 Å². The highest BCUT2D eigenvalue weighted by Crippen LogP contribution is 2.44. The van der Waals surface area contributed by atoms with Crippen LogP contribution in [0.2, 0.25) is 0 Å². The molecular weight excluding hydrogens is 270 g/mol. The third-order valence-electron chi connectivity index (χ3n) is 2.87. The zero-order chi connectivity index (χ0) is 14.9. The molecule has 1 heterocycles. The van der Waals surface area contributed by atoms with Crippen molar-refractivity contribution in [3.8, 4) is 17.2 Å². The molecule has 20 heavy (non-hydrogen) atoms. The summed E-state index contributed by atoms with van der Waals surface area (Å²) in [5.74, 6) is 0.675. The Labute approximate surface area is 116 Å². The fourth-order valence-corrected chi connectivity index (χ4v) is 2.03. The van der Waals surface area contributed by atoms with Crippen LogP contribution >= 0.6 is 0 Å². The predicted octanol–water partition coefficient (Wildman–Crippen LogP) is 3.10. The molecule has 1 aliphatic heterocycles. The van der Waals surface area contributed by atoms with Gasteiger partial charge in [-0.25, -0.2) is 0 Å². The SMILES string of the molecule is Cc1cc2c(cc1OC[C@H](O)CC(C)C)OC(F)(F)O2. The molecule has 0 fully saturated rings. The molecule has 112 valence electrons. The summed E-state index contributed by atoms with van der Waals surface area (Å²) in [7, 11) is 0. The minimum Gasteiger partial charge on any atom is -0.490 e. The Kier molecular flexibility index (Phi) is 4.04. The van der Waals surface area contributed by atoms with E-state index in [9.17, 15) is 13.9 Å². The summed E-state index contributed by atoms with van der Waals surface area (Å²) < 4.78 is 40.0. The molecule has 1 aromatic carbocycles. The quantitative estimate of drug-likeness (QED) is 0.904. The van der Waals surface area contributed by atoms with Crippen LogP contribution in [0.1, 0.15) is 25.8 Å². The number of aryl methyl sites for hydroxylation is 1. The first-order valence-electron chi connectivity index (χ1n) is 6.48. The molecule has 2 rings (SSSR count). The molecule has 1 aliphatic rings. The molecule has 0 aromatic heterocycles. The normalized spacial score (nSPS) is 17.4. The Morgan fingerprint density at radius 2 is 1.85 bits per heavy atom. The standard InChI is InChI=1S/C14H18F2O4/c1-8(2)4-10(17)7-18-11-6-13-12(5-9(11)3)19-14(15,16)20-13/h5-6,8,10,17H,4,7H2,1-3H3/t10-/m1/s1. The highest BCUT2D eigenvalue weighted by molar-refractivity contribution is 5.51. The average Bonchev–Trinajstić information content (AvgIpc) is 2.58. The minimum absolute atomic E-state index is 0.0115. The number of ether oxygens (including phenoxy) is 3. The molecule has 0 aliphatic carbocycles. The molecule has 0 amide bonds. The molecule has 0 unspecified atom stereocenters. The summed E-state index contributed by atoms with van der Waals surface area (Å²) in [6, 6.07) is 2.79. The summed E-state index contributed by atoms with van der Waals surface area (Å²) in [5, 5.41) is 9.75. The van der Waals surface area contributed by atoms with Crippen LogP contribution in [0.4, 0.5) is 8.78 Å². The molecular formula is C14H18F2O4. The van der Waals surface area contributed by atoms with Crippen LogP contribution < -0.4 is 14.2 Å². The van der Waals surface area contributed by atoms with Crippen LogP contribution in [0.3, 0.4) is 0 Å². The van der Waals surface area contributed by atoms with E-state index in [1.807, 2.05) is 13.8 Å². The van der Waals surface area contributed by atoms with Crippen LogP contribution in [0, 0.1) is 12.8 Å². The summed E-state index contributed by atoms with van der Waals surface area (Å²) >= 11 is 0. The molecule has 0 bridgehead atoms. The molecule has 1 atom stereocenters. The first-order valence-corrected chi connectivity index (χ1v) is 6.48. The van der Waals surface area contributed by atoms with E-state index >= 15 is 0 Å². The van der Waals surface area contributed by atoms with Crippen molar-refractivity contribution in [1.29, 1.82) is 0 Å². The molecule has 0 saturated heterocycles. The number of fused-ring (bicyclic) bond motifs is 1. The van der Waals surface area contributed by atoms with Crippen molar-refractivity contribution in [3.05, 3.63) is 17.7 Å². The number of alkyl halides is 2. The lowest BCUT2D eigenvalue weighted by Crippen LogP contribution is -2.25. The molecule has 4 nitrogen and oxygen atoms in total. The maximum Gasteiger partial charge on any atom is 0.586 e. The van der Waals surface area contributed by atoms with Crippen molar-refractivity contribution < 1.29 is 28.1 Å². The maximum absolute atomic E-state index is 12.9. The van der Waals surface area contributed by atoms with Gasteiger partial charge in [-0.3, -0.25) is 0 Å². The molecule has 6 heteroatoms. The van der Waals surface area contributed by atoms with E-state index in [1.54, 1.807) is 6.92 Å². The van der Waals surface area contributed by atoms with Crippen LogP contribution in [0.5, 0.6) is 17.2 Å². The molecule has 0 saturated carbocycles. The lowest BCUT2D eigenvalue weighted by atomic mass is 10.1. The fraction of sp³-hybridized carbons (Fsp3) is 0.571. The summed E-state index contributed by atoms with van der Waals surface area (Å²) in [6.45, 7) is 5.81. The van der Waals surface area contributed by atoms with E-state index in [0.29, 0.717) is 23.7 Å². The second-order valence-corrected chi connectivity index (χ2v) is 5.33. The number of rotatable bonds is 5. The van der Waals surface area contributed by atoms with Crippen LogP contribution in [-0.4, -0.2) is 24.1 Å². The Hall–Kier alpha value is -1.56. The largest absolute Gasteiger partial charge is 0.586 e. The predicted molar refractivity (Wildman–Crippen MR) is 68.3 cm³/mol. The monoisotopic (exact) mass is 288 g/mol. The van der Waals surface area contributed by atoms with Crippen molar-refractivity contribution in [2.24, 2.45) is 5.92 Å².